The molecule has 0 aromatic heterocycles. The highest BCUT2D eigenvalue weighted by Crippen LogP contribution is 2.67. The topological polar surface area (TPSA) is 26.3 Å². The van der Waals surface area contributed by atoms with Crippen LogP contribution in [0.5, 0.6) is 0 Å². The third kappa shape index (κ3) is 4.50. The van der Waals surface area contributed by atoms with E-state index in [1.165, 1.54) is 44.9 Å². The molecule has 0 amide bonds. The van der Waals surface area contributed by atoms with E-state index in [0.717, 1.165) is 48.3 Å². The highest BCUT2D eigenvalue weighted by Gasteiger charge is 2.59. The summed E-state index contributed by atoms with van der Waals surface area (Å²) in [6.45, 7) is 16.3. The Morgan fingerprint density at radius 3 is 2.52 bits per heavy atom. The van der Waals surface area contributed by atoms with Gasteiger partial charge in [-0.25, -0.2) is 0 Å². The zero-order valence-corrected chi connectivity index (χ0v) is 22.5. The van der Waals surface area contributed by atoms with Crippen molar-refractivity contribution in [1.82, 2.24) is 0 Å². The van der Waals surface area contributed by atoms with Gasteiger partial charge in [0.15, 0.2) is 0 Å². The summed E-state index contributed by atoms with van der Waals surface area (Å²) in [5.41, 5.74) is 2.44. The summed E-state index contributed by atoms with van der Waals surface area (Å²) in [5.74, 6) is 5.41. The third-order valence-corrected chi connectivity index (χ3v) is 11.1. The maximum atomic E-state index is 11.5. The van der Waals surface area contributed by atoms with Gasteiger partial charge in [0.2, 0.25) is 0 Å². The van der Waals surface area contributed by atoms with Gasteiger partial charge in [-0.2, -0.15) is 0 Å². The highest BCUT2D eigenvalue weighted by atomic mass is 16.5. The number of ether oxygens (including phenoxy) is 1. The van der Waals surface area contributed by atoms with Crippen LogP contribution in [0.25, 0.3) is 0 Å². The molecule has 0 aliphatic heterocycles. The van der Waals surface area contributed by atoms with Gasteiger partial charge in [-0.15, -0.1) is 0 Å². The zero-order valence-electron chi connectivity index (χ0n) is 22.5. The van der Waals surface area contributed by atoms with Crippen molar-refractivity contribution in [2.45, 2.75) is 112 Å². The summed E-state index contributed by atoms with van der Waals surface area (Å²) in [4.78, 5) is 11.5. The Balaban J connectivity index is 1.49. The van der Waals surface area contributed by atoms with Crippen LogP contribution in [-0.4, -0.2) is 12.1 Å². The number of hydrogen-bond donors (Lipinski definition) is 0. The van der Waals surface area contributed by atoms with Crippen molar-refractivity contribution in [3.63, 3.8) is 0 Å². The van der Waals surface area contributed by atoms with Crippen LogP contribution < -0.4 is 0 Å². The van der Waals surface area contributed by atoms with E-state index >= 15 is 0 Å². The Hall–Kier alpha value is -1.05. The van der Waals surface area contributed by atoms with Crippen LogP contribution >= 0.6 is 0 Å². The molecule has 0 aromatic rings. The van der Waals surface area contributed by atoms with Gasteiger partial charge >= 0.3 is 5.97 Å². The van der Waals surface area contributed by atoms with Crippen molar-refractivity contribution in [2.75, 3.05) is 0 Å². The molecule has 0 spiro atoms. The quantitative estimate of drug-likeness (QED) is 0.297. The Labute approximate surface area is 204 Å². The van der Waals surface area contributed by atoms with Crippen LogP contribution in [-0.2, 0) is 9.53 Å². The SMILES string of the molecule is CC[C@H](C=C[C@@H](C)[C@H]1CCC2[C@@H]3CC=C4C[C@@H](OC(C)=O)CC[C@]4(C)C3CC[C@@]21C)C(C)C. The van der Waals surface area contributed by atoms with Crippen molar-refractivity contribution in [1.29, 1.82) is 0 Å². The molecular formula is C31H50O2. The van der Waals surface area contributed by atoms with Gasteiger partial charge < -0.3 is 4.74 Å². The highest BCUT2D eigenvalue weighted by molar-refractivity contribution is 5.66. The van der Waals surface area contributed by atoms with Crippen LogP contribution in [0.2, 0.25) is 0 Å². The maximum absolute atomic E-state index is 11.5. The zero-order chi connectivity index (χ0) is 24.0. The van der Waals surface area contributed by atoms with Gasteiger partial charge in [0.25, 0.3) is 0 Å². The Bertz CT molecular complexity index is 778. The van der Waals surface area contributed by atoms with Crippen LogP contribution in [0.15, 0.2) is 23.8 Å². The fraction of sp³-hybridized carbons (Fsp3) is 0.839. The number of rotatable bonds is 6. The molecular weight excluding hydrogens is 404 g/mol. The molecule has 0 heterocycles. The average Bonchev–Trinajstić information content (AvgIpc) is 3.11. The van der Waals surface area contributed by atoms with Gasteiger partial charge in [-0.1, -0.05) is 65.3 Å². The molecule has 9 atom stereocenters. The van der Waals surface area contributed by atoms with Crippen molar-refractivity contribution < 1.29 is 9.53 Å². The first-order valence-electron chi connectivity index (χ1n) is 14.1. The number of carbonyl (C=O) groups is 1. The molecule has 4 rings (SSSR count). The summed E-state index contributed by atoms with van der Waals surface area (Å²) in [6, 6.07) is 0. The molecule has 0 bridgehead atoms. The molecule has 0 N–H and O–H groups in total. The minimum atomic E-state index is -0.120. The number of esters is 1. The van der Waals surface area contributed by atoms with Crippen molar-refractivity contribution >= 4 is 5.97 Å². The summed E-state index contributed by atoms with van der Waals surface area (Å²) in [6.07, 6.45) is 19.2. The largest absolute Gasteiger partial charge is 0.462 e. The minimum absolute atomic E-state index is 0.105. The second-order valence-electron chi connectivity index (χ2n) is 13.0. The lowest BCUT2D eigenvalue weighted by atomic mass is 9.47. The first-order chi connectivity index (χ1) is 15.6. The number of carbonyl (C=O) groups excluding carboxylic acids is 1. The first kappa shape index (κ1) is 25.1. The van der Waals surface area contributed by atoms with E-state index in [0.29, 0.717) is 16.7 Å². The minimum Gasteiger partial charge on any atom is -0.462 e. The molecule has 2 nitrogen and oxygen atoms in total. The number of fused-ring (bicyclic) bond motifs is 5. The van der Waals surface area contributed by atoms with Gasteiger partial charge in [0.1, 0.15) is 6.10 Å². The molecule has 2 heteroatoms. The number of allylic oxidation sites excluding steroid dienone is 3. The van der Waals surface area contributed by atoms with E-state index in [-0.39, 0.29) is 12.1 Å². The van der Waals surface area contributed by atoms with Crippen molar-refractivity contribution in [3.05, 3.63) is 23.8 Å². The van der Waals surface area contributed by atoms with E-state index in [9.17, 15) is 4.79 Å². The summed E-state index contributed by atoms with van der Waals surface area (Å²) in [7, 11) is 0. The molecule has 33 heavy (non-hydrogen) atoms. The molecule has 0 radical (unpaired) electrons. The third-order valence-electron chi connectivity index (χ3n) is 11.1. The molecule has 3 saturated carbocycles. The molecule has 0 saturated heterocycles. The first-order valence-corrected chi connectivity index (χ1v) is 14.1. The summed E-state index contributed by atoms with van der Waals surface area (Å²) >= 11 is 0. The van der Waals surface area contributed by atoms with E-state index in [1.54, 1.807) is 12.5 Å². The van der Waals surface area contributed by atoms with Gasteiger partial charge in [-0.05, 0) is 104 Å². The molecule has 3 fully saturated rings. The maximum Gasteiger partial charge on any atom is 0.302 e. The second kappa shape index (κ2) is 9.54. The van der Waals surface area contributed by atoms with Crippen LogP contribution in [0, 0.1) is 52.3 Å². The fourth-order valence-electron chi connectivity index (χ4n) is 9.15. The van der Waals surface area contributed by atoms with E-state index < -0.39 is 0 Å². The van der Waals surface area contributed by atoms with E-state index in [2.05, 4.69) is 59.8 Å². The standard InChI is InChI=1S/C31H50O2/c1-8-23(20(2)3)10-9-21(4)27-13-14-28-26-12-11-24-19-25(33-22(5)32)15-17-30(24,6)29(26)16-18-31(27,28)7/h9-11,20-21,23,25-29H,8,12-19H2,1-7H3/t21-,23-,25+,26+,27-,28?,29?,30+,31-/m1/s1. The normalized spacial score (nSPS) is 42.3. The molecule has 4 aliphatic rings. The van der Waals surface area contributed by atoms with Crippen molar-refractivity contribution in [3.8, 4) is 0 Å². The van der Waals surface area contributed by atoms with Crippen LogP contribution in [0.4, 0.5) is 0 Å². The predicted octanol–water partition coefficient (Wildman–Crippen LogP) is 8.37. The Morgan fingerprint density at radius 2 is 1.85 bits per heavy atom. The fourth-order valence-corrected chi connectivity index (χ4v) is 9.15. The summed E-state index contributed by atoms with van der Waals surface area (Å²) in [5, 5.41) is 0. The Morgan fingerprint density at radius 1 is 1.09 bits per heavy atom. The lowest BCUT2D eigenvalue weighted by Crippen LogP contribution is -2.51. The lowest BCUT2D eigenvalue weighted by molar-refractivity contribution is -0.148. The van der Waals surface area contributed by atoms with Gasteiger partial charge in [0, 0.05) is 13.3 Å². The average molecular weight is 455 g/mol. The molecule has 0 aromatic carbocycles. The van der Waals surface area contributed by atoms with Gasteiger partial charge in [-0.3, -0.25) is 4.79 Å². The van der Waals surface area contributed by atoms with Crippen molar-refractivity contribution in [2.24, 2.45) is 52.3 Å². The lowest BCUT2D eigenvalue weighted by Gasteiger charge is -2.58. The molecule has 2 unspecified atom stereocenters. The van der Waals surface area contributed by atoms with E-state index in [4.69, 9.17) is 4.74 Å². The summed E-state index contributed by atoms with van der Waals surface area (Å²) < 4.78 is 5.62. The molecule has 4 aliphatic carbocycles. The van der Waals surface area contributed by atoms with Gasteiger partial charge in [0.05, 0.1) is 0 Å². The number of hydrogen-bond acceptors (Lipinski definition) is 2. The monoisotopic (exact) mass is 454 g/mol. The van der Waals surface area contributed by atoms with Crippen LogP contribution in [0.1, 0.15) is 106 Å². The predicted molar refractivity (Wildman–Crippen MR) is 138 cm³/mol. The molecule has 186 valence electrons. The second-order valence-corrected chi connectivity index (χ2v) is 13.0. The Kier molecular flexibility index (Phi) is 7.24. The van der Waals surface area contributed by atoms with Crippen LogP contribution in [0.3, 0.4) is 0 Å². The van der Waals surface area contributed by atoms with E-state index in [1.807, 2.05) is 0 Å². The smallest absolute Gasteiger partial charge is 0.302 e.